The van der Waals surface area contributed by atoms with E-state index in [1.165, 1.54) is 0 Å². The summed E-state index contributed by atoms with van der Waals surface area (Å²) < 4.78 is 126. The Morgan fingerprint density at radius 2 is 0.686 bits per heavy atom. The van der Waals surface area contributed by atoms with Gasteiger partial charge in [-0.1, -0.05) is 104 Å². The minimum absolute atomic E-state index is 0.0555. The minimum atomic E-state index is -2.40. The van der Waals surface area contributed by atoms with Crippen molar-refractivity contribution in [3.05, 3.63) is 0 Å². The van der Waals surface area contributed by atoms with Gasteiger partial charge in [-0.25, -0.2) is 43.9 Å². The molecule has 10 heteroatoms. The molecule has 5 saturated carbocycles. The molecule has 306 valence electrons. The van der Waals surface area contributed by atoms with Gasteiger partial charge >= 0.3 is 0 Å². The van der Waals surface area contributed by atoms with Gasteiger partial charge in [-0.15, -0.1) is 0 Å². The van der Waals surface area contributed by atoms with Gasteiger partial charge in [0.15, 0.2) is 0 Å². The Balaban J connectivity index is 0.000000319. The fourth-order valence-electron chi connectivity index (χ4n) is 7.68. The topological polar surface area (TPSA) is 0 Å². The highest BCUT2D eigenvalue weighted by Gasteiger charge is 2.61. The van der Waals surface area contributed by atoms with Crippen molar-refractivity contribution < 1.29 is 43.9 Å². The van der Waals surface area contributed by atoms with Gasteiger partial charge in [0, 0.05) is 62.7 Å². The minimum Gasteiger partial charge on any atom is -0.207 e. The van der Waals surface area contributed by atoms with Gasteiger partial charge < -0.3 is 0 Å². The van der Waals surface area contributed by atoms with Crippen LogP contribution >= 0.6 is 0 Å². The number of halogens is 10. The van der Waals surface area contributed by atoms with Crippen LogP contribution < -0.4 is 0 Å². The molecule has 0 nitrogen and oxygen atoms in total. The summed E-state index contributed by atoms with van der Waals surface area (Å²) in [5.41, 5.74) is -0.535. The summed E-state index contributed by atoms with van der Waals surface area (Å²) in [5, 5.41) is 0. The van der Waals surface area contributed by atoms with Crippen LogP contribution in [0.5, 0.6) is 0 Å². The maximum atomic E-state index is 13.1. The molecule has 0 aliphatic heterocycles. The van der Waals surface area contributed by atoms with Gasteiger partial charge in [0.25, 0.3) is 17.8 Å². The lowest BCUT2D eigenvalue weighted by Crippen LogP contribution is -2.46. The fraction of sp³-hybridized carbons (Fsp3) is 1.00. The van der Waals surface area contributed by atoms with Gasteiger partial charge in [-0.05, 0) is 64.6 Å². The Morgan fingerprint density at radius 3 is 0.784 bits per heavy atom. The summed E-state index contributed by atoms with van der Waals surface area (Å²) in [6, 6.07) is 0. The van der Waals surface area contributed by atoms with Crippen LogP contribution in [-0.4, -0.2) is 29.6 Å². The molecule has 4 atom stereocenters. The van der Waals surface area contributed by atoms with E-state index in [4.69, 9.17) is 0 Å². The van der Waals surface area contributed by atoms with Gasteiger partial charge in [-0.2, -0.15) is 0 Å². The van der Waals surface area contributed by atoms with Crippen molar-refractivity contribution in [3.63, 3.8) is 0 Å². The van der Waals surface area contributed by atoms with E-state index >= 15 is 0 Å². The molecule has 5 fully saturated rings. The third kappa shape index (κ3) is 15.5. The van der Waals surface area contributed by atoms with Crippen molar-refractivity contribution in [3.8, 4) is 0 Å². The molecule has 0 bridgehead atoms. The summed E-state index contributed by atoms with van der Waals surface area (Å²) in [7, 11) is 0. The molecular weight excluding hydrogens is 682 g/mol. The Bertz CT molecular complexity index is 1060. The number of hydrogen-bond donors (Lipinski definition) is 0. The third-order valence-corrected chi connectivity index (χ3v) is 11.7. The first-order chi connectivity index (χ1) is 22.1. The normalized spacial score (nSPS) is 30.3. The van der Waals surface area contributed by atoms with E-state index in [-0.39, 0.29) is 95.7 Å². The average Bonchev–Trinajstić information content (AvgIpc) is 3.13. The molecule has 5 aliphatic carbocycles. The molecule has 51 heavy (non-hydrogen) atoms. The van der Waals surface area contributed by atoms with E-state index in [1.54, 1.807) is 0 Å². The van der Waals surface area contributed by atoms with Crippen molar-refractivity contribution >= 4 is 0 Å². The van der Waals surface area contributed by atoms with E-state index in [2.05, 4.69) is 0 Å². The number of rotatable bonds is 0. The van der Waals surface area contributed by atoms with Crippen molar-refractivity contribution in [1.29, 1.82) is 0 Å². The highest BCUT2D eigenvalue weighted by atomic mass is 19.3. The second kappa shape index (κ2) is 15.8. The van der Waals surface area contributed by atoms with E-state index < -0.39 is 35.5 Å². The summed E-state index contributed by atoms with van der Waals surface area (Å²) in [6.07, 6.45) is 3.41. The molecule has 0 radical (unpaired) electrons. The van der Waals surface area contributed by atoms with Crippen LogP contribution in [0.25, 0.3) is 0 Å². The maximum Gasteiger partial charge on any atom is 0.252 e. The zero-order chi connectivity index (χ0) is 40.7. The van der Waals surface area contributed by atoms with Crippen LogP contribution in [-0.2, 0) is 0 Å². The van der Waals surface area contributed by atoms with Crippen LogP contribution in [0, 0.1) is 56.7 Å². The van der Waals surface area contributed by atoms with Crippen LogP contribution in [0.1, 0.15) is 174 Å². The van der Waals surface area contributed by atoms with Crippen LogP contribution in [0.4, 0.5) is 43.9 Å². The lowest BCUT2D eigenvalue weighted by atomic mass is 9.66. The van der Waals surface area contributed by atoms with Gasteiger partial charge in [-0.3, -0.25) is 0 Å². The van der Waals surface area contributed by atoms with Crippen LogP contribution in [0.3, 0.4) is 0 Å². The molecule has 4 unspecified atom stereocenters. The first-order valence-electron chi connectivity index (χ1n) is 19.0. The smallest absolute Gasteiger partial charge is 0.207 e. The largest absolute Gasteiger partial charge is 0.252 e. The number of hydrogen-bond acceptors (Lipinski definition) is 0. The molecule has 0 aromatic rings. The highest BCUT2D eigenvalue weighted by molar-refractivity contribution is 5.01. The second-order valence-electron chi connectivity index (χ2n) is 21.7. The fourth-order valence-corrected chi connectivity index (χ4v) is 7.68. The van der Waals surface area contributed by atoms with Crippen molar-refractivity contribution in [2.24, 2.45) is 56.7 Å². The molecule has 0 saturated heterocycles. The lowest BCUT2D eigenvalue weighted by Gasteiger charge is -2.44. The van der Waals surface area contributed by atoms with Gasteiger partial charge in [0.2, 0.25) is 11.8 Å². The molecule has 5 rings (SSSR count). The molecule has 0 aromatic heterocycles. The van der Waals surface area contributed by atoms with E-state index in [1.807, 2.05) is 104 Å². The first kappa shape index (κ1) is 48.3. The quantitative estimate of drug-likeness (QED) is 0.216. The Kier molecular flexibility index (Phi) is 15.0. The predicted octanol–water partition coefficient (Wildman–Crippen LogP) is 15.8. The van der Waals surface area contributed by atoms with E-state index in [9.17, 15) is 43.9 Å². The van der Waals surface area contributed by atoms with Crippen molar-refractivity contribution in [1.82, 2.24) is 0 Å². The standard InChI is InChI=1S/2C9H16F2.2C8H14F2.C7H12F2/c1-8(2,3)7-4-5-9(10,11)6-7;1-8(2,3)7-5-4-6-9(7,10)11;1-7(2,3)6-4-8(9,10)5-6;1-7(2,3)6-4-5-8(6,9)10;1-6(2,3)5-4-7(5,8)9/h2*7H,4-6H2,1-3H3;2*6H,4-5H2,1-3H3;5H,4H2,1-3H3. The molecular formula is C41H72F10. The van der Waals surface area contributed by atoms with Crippen LogP contribution in [0.2, 0.25) is 0 Å². The summed E-state index contributed by atoms with van der Waals surface area (Å²) in [6.45, 7) is 29.1. The maximum absolute atomic E-state index is 13.1. The molecule has 0 spiro atoms. The lowest BCUT2D eigenvalue weighted by molar-refractivity contribution is -0.169. The van der Waals surface area contributed by atoms with E-state index in [0.29, 0.717) is 25.7 Å². The molecule has 0 N–H and O–H groups in total. The first-order valence-corrected chi connectivity index (χ1v) is 19.0. The Hall–Kier alpha value is -0.700. The summed E-state index contributed by atoms with van der Waals surface area (Å²) >= 11 is 0. The Labute approximate surface area is 304 Å². The van der Waals surface area contributed by atoms with Crippen molar-refractivity contribution in [2.75, 3.05) is 0 Å². The highest BCUT2D eigenvalue weighted by Crippen LogP contribution is 2.58. The van der Waals surface area contributed by atoms with Gasteiger partial charge in [0.1, 0.15) is 0 Å². The third-order valence-electron chi connectivity index (χ3n) is 11.7. The predicted molar refractivity (Wildman–Crippen MR) is 190 cm³/mol. The summed E-state index contributed by atoms with van der Waals surface area (Å²) in [4.78, 5) is 0. The Morgan fingerprint density at radius 1 is 0.333 bits per heavy atom. The number of alkyl halides is 10. The molecule has 0 heterocycles. The SMILES string of the molecule is CC(C)(C)C1CC(F)(F)C1.CC(C)(C)C1CC1(F)F.CC(C)(C)C1CCC(F)(F)C1.CC(C)(C)C1CCC1(F)F.CC(C)(C)C1CCCC1(F)F. The van der Waals surface area contributed by atoms with Crippen LogP contribution in [0.15, 0.2) is 0 Å². The monoisotopic (exact) mass is 755 g/mol. The second-order valence-corrected chi connectivity index (χ2v) is 21.7. The molecule has 0 aromatic carbocycles. The van der Waals surface area contributed by atoms with E-state index in [0.717, 1.165) is 0 Å². The van der Waals surface area contributed by atoms with Crippen molar-refractivity contribution in [2.45, 2.75) is 204 Å². The molecule has 0 amide bonds. The summed E-state index contributed by atoms with van der Waals surface area (Å²) in [5.74, 6) is -12.6. The zero-order valence-corrected chi connectivity index (χ0v) is 34.4. The van der Waals surface area contributed by atoms with Gasteiger partial charge in [0.05, 0.1) is 0 Å². The average molecular weight is 755 g/mol. The molecule has 5 aliphatic rings. The zero-order valence-electron chi connectivity index (χ0n) is 34.4.